The predicted molar refractivity (Wildman–Crippen MR) is 78.3 cm³/mol. The minimum Gasteiger partial charge on any atom is -0.491 e. The molecule has 20 heavy (non-hydrogen) atoms. The molecule has 0 bridgehead atoms. The van der Waals surface area contributed by atoms with E-state index in [1.54, 1.807) is 29.2 Å². The molecule has 5 N–H and O–H groups in total. The molecule has 1 aromatic carbocycles. The first-order valence-electron chi connectivity index (χ1n) is 6.57. The molecule has 0 aliphatic carbocycles. The van der Waals surface area contributed by atoms with E-state index >= 15 is 0 Å². The topological polar surface area (TPSA) is 102 Å². The monoisotopic (exact) mass is 281 g/mol. The summed E-state index contributed by atoms with van der Waals surface area (Å²) in [5.74, 6) is 0.231. The van der Waals surface area contributed by atoms with Crippen molar-refractivity contribution in [3.8, 4) is 5.75 Å². The second-order valence-corrected chi connectivity index (χ2v) is 5.02. The summed E-state index contributed by atoms with van der Waals surface area (Å²) in [7, 11) is 0. The molecule has 1 rings (SSSR count). The second-order valence-electron chi connectivity index (χ2n) is 5.02. The summed E-state index contributed by atoms with van der Waals surface area (Å²) >= 11 is 0. The van der Waals surface area contributed by atoms with Gasteiger partial charge in [-0.05, 0) is 38.1 Å². The molecule has 1 amide bonds. The highest BCUT2D eigenvalue weighted by atomic mass is 16.5. The van der Waals surface area contributed by atoms with Crippen LogP contribution >= 0.6 is 0 Å². The molecule has 1 atom stereocenters. The maximum atomic E-state index is 11.0. The lowest BCUT2D eigenvalue weighted by atomic mass is 10.2. The number of carbonyl (C=O) groups excluding carboxylic acids is 1. The Morgan fingerprint density at radius 1 is 1.35 bits per heavy atom. The minimum absolute atomic E-state index is 0.119. The summed E-state index contributed by atoms with van der Waals surface area (Å²) in [5.41, 5.74) is 11.4. The Kier molecular flexibility index (Phi) is 6.27. The maximum absolute atomic E-state index is 11.0. The van der Waals surface area contributed by atoms with Gasteiger partial charge in [0.25, 0.3) is 0 Å². The van der Waals surface area contributed by atoms with Crippen molar-refractivity contribution in [2.24, 2.45) is 5.73 Å². The summed E-state index contributed by atoms with van der Waals surface area (Å²) in [6.07, 6.45) is -0.700. The van der Waals surface area contributed by atoms with Gasteiger partial charge in [0.2, 0.25) is 5.91 Å². The van der Waals surface area contributed by atoms with Crippen LogP contribution in [0.15, 0.2) is 24.3 Å². The number of rotatable bonds is 8. The number of benzene rings is 1. The average molecular weight is 281 g/mol. The van der Waals surface area contributed by atoms with E-state index in [2.05, 4.69) is 0 Å². The van der Waals surface area contributed by atoms with E-state index in [0.29, 0.717) is 18.0 Å². The number of aliphatic hydroxyl groups is 1. The van der Waals surface area contributed by atoms with E-state index in [9.17, 15) is 9.90 Å². The number of carbonyl (C=O) groups is 1. The molecule has 112 valence electrons. The lowest BCUT2D eigenvalue weighted by Gasteiger charge is -2.27. The molecule has 0 spiro atoms. The first-order valence-corrected chi connectivity index (χ1v) is 6.57. The van der Waals surface area contributed by atoms with Crippen LogP contribution in [0.5, 0.6) is 5.75 Å². The van der Waals surface area contributed by atoms with Gasteiger partial charge in [0.05, 0.1) is 6.54 Å². The molecule has 0 aliphatic heterocycles. The van der Waals surface area contributed by atoms with E-state index in [-0.39, 0.29) is 19.2 Å². The molecule has 0 aromatic heterocycles. The number of ether oxygens (including phenoxy) is 1. The number of amides is 1. The standard InChI is InChI=1S/C14H23N3O3/c1-10(2)17(8-14(16)19)7-12(18)9-20-13-5-3-11(15)4-6-13/h3-6,10,12,18H,7-9,15H2,1-2H3,(H2,16,19). The van der Waals surface area contributed by atoms with Crippen LogP contribution in [0.1, 0.15) is 13.8 Å². The van der Waals surface area contributed by atoms with Gasteiger partial charge < -0.3 is 21.3 Å². The quantitative estimate of drug-likeness (QED) is 0.591. The molecule has 0 saturated heterocycles. The molecule has 1 unspecified atom stereocenters. The summed E-state index contributed by atoms with van der Waals surface area (Å²) in [6, 6.07) is 7.07. The first-order chi connectivity index (χ1) is 9.38. The lowest BCUT2D eigenvalue weighted by molar-refractivity contribution is -0.120. The molecular formula is C14H23N3O3. The third-order valence-corrected chi connectivity index (χ3v) is 2.86. The molecule has 6 nitrogen and oxygen atoms in total. The van der Waals surface area contributed by atoms with Gasteiger partial charge in [-0.25, -0.2) is 0 Å². The normalized spacial score (nSPS) is 12.7. The zero-order valence-corrected chi connectivity index (χ0v) is 12.0. The number of hydrogen-bond acceptors (Lipinski definition) is 5. The Hall–Kier alpha value is -1.79. The Morgan fingerprint density at radius 3 is 2.45 bits per heavy atom. The summed E-state index contributed by atoms with van der Waals surface area (Å²) in [5, 5.41) is 9.95. The number of nitrogens with two attached hydrogens (primary N) is 2. The number of nitrogen functional groups attached to an aromatic ring is 1. The summed E-state index contributed by atoms with van der Waals surface area (Å²) in [4.78, 5) is 12.8. The highest BCUT2D eigenvalue weighted by molar-refractivity contribution is 5.75. The van der Waals surface area contributed by atoms with Gasteiger partial charge in [-0.15, -0.1) is 0 Å². The van der Waals surface area contributed by atoms with Crippen LogP contribution in [0.3, 0.4) is 0 Å². The zero-order valence-electron chi connectivity index (χ0n) is 12.0. The van der Waals surface area contributed by atoms with Crippen LogP contribution < -0.4 is 16.2 Å². The number of anilines is 1. The van der Waals surface area contributed by atoms with Crippen LogP contribution in [-0.4, -0.2) is 47.8 Å². The first kappa shape index (κ1) is 16.3. The van der Waals surface area contributed by atoms with Crippen LogP contribution in [0.4, 0.5) is 5.69 Å². The van der Waals surface area contributed by atoms with Crippen LogP contribution in [0.2, 0.25) is 0 Å². The van der Waals surface area contributed by atoms with Gasteiger partial charge in [0.15, 0.2) is 0 Å². The second kappa shape index (κ2) is 7.72. The average Bonchev–Trinajstić information content (AvgIpc) is 2.36. The van der Waals surface area contributed by atoms with Gasteiger partial charge in [-0.1, -0.05) is 0 Å². The van der Waals surface area contributed by atoms with Gasteiger partial charge in [0, 0.05) is 18.3 Å². The van der Waals surface area contributed by atoms with Gasteiger partial charge in [-0.2, -0.15) is 0 Å². The van der Waals surface area contributed by atoms with Crippen molar-refractivity contribution in [1.82, 2.24) is 4.90 Å². The van der Waals surface area contributed by atoms with Gasteiger partial charge in [-0.3, -0.25) is 9.69 Å². The SMILES string of the molecule is CC(C)N(CC(N)=O)CC(O)COc1ccc(N)cc1. The highest BCUT2D eigenvalue weighted by Crippen LogP contribution is 2.13. The fraction of sp³-hybridized carbons (Fsp3) is 0.500. The molecule has 0 heterocycles. The Balaban J connectivity index is 2.43. The fourth-order valence-corrected chi connectivity index (χ4v) is 1.74. The summed E-state index contributed by atoms with van der Waals surface area (Å²) < 4.78 is 5.46. The van der Waals surface area contributed by atoms with E-state index < -0.39 is 12.0 Å². The van der Waals surface area contributed by atoms with Crippen LogP contribution in [0.25, 0.3) is 0 Å². The van der Waals surface area contributed by atoms with E-state index in [0.717, 1.165) is 0 Å². The van der Waals surface area contributed by atoms with Crippen molar-refractivity contribution in [3.05, 3.63) is 24.3 Å². The molecule has 0 saturated carbocycles. The largest absolute Gasteiger partial charge is 0.491 e. The van der Waals surface area contributed by atoms with Crippen LogP contribution in [0, 0.1) is 0 Å². The maximum Gasteiger partial charge on any atom is 0.231 e. The summed E-state index contributed by atoms with van der Waals surface area (Å²) in [6.45, 7) is 4.48. The molecule has 6 heteroatoms. The Labute approximate surface area is 119 Å². The third-order valence-electron chi connectivity index (χ3n) is 2.86. The number of aliphatic hydroxyl groups excluding tert-OH is 1. The van der Waals surface area contributed by atoms with Gasteiger partial charge >= 0.3 is 0 Å². The van der Waals surface area contributed by atoms with Crippen molar-refractivity contribution in [2.75, 3.05) is 25.4 Å². The smallest absolute Gasteiger partial charge is 0.231 e. The molecule has 0 fully saturated rings. The molecule has 0 aliphatic rings. The minimum atomic E-state index is -0.700. The number of nitrogens with zero attached hydrogens (tertiary/aromatic N) is 1. The number of hydrogen-bond donors (Lipinski definition) is 3. The van der Waals surface area contributed by atoms with Gasteiger partial charge in [0.1, 0.15) is 18.5 Å². The molecular weight excluding hydrogens is 258 g/mol. The number of primary amides is 1. The molecule has 1 aromatic rings. The highest BCUT2D eigenvalue weighted by Gasteiger charge is 2.17. The lowest BCUT2D eigenvalue weighted by Crippen LogP contribution is -2.44. The van der Waals surface area contributed by atoms with E-state index in [1.165, 1.54) is 0 Å². The van der Waals surface area contributed by atoms with E-state index in [4.69, 9.17) is 16.2 Å². The Morgan fingerprint density at radius 2 is 1.95 bits per heavy atom. The third kappa shape index (κ3) is 5.90. The van der Waals surface area contributed by atoms with Crippen molar-refractivity contribution < 1.29 is 14.6 Å². The van der Waals surface area contributed by atoms with E-state index in [1.807, 2.05) is 13.8 Å². The van der Waals surface area contributed by atoms with Crippen molar-refractivity contribution in [1.29, 1.82) is 0 Å². The molecule has 0 radical (unpaired) electrons. The van der Waals surface area contributed by atoms with Crippen molar-refractivity contribution in [3.63, 3.8) is 0 Å². The fourth-order valence-electron chi connectivity index (χ4n) is 1.74. The zero-order chi connectivity index (χ0) is 15.1. The van der Waals surface area contributed by atoms with Crippen LogP contribution in [-0.2, 0) is 4.79 Å². The van der Waals surface area contributed by atoms with Crippen molar-refractivity contribution in [2.45, 2.75) is 26.0 Å². The predicted octanol–water partition coefficient (Wildman–Crippen LogP) is 0.204. The Bertz CT molecular complexity index is 420. The van der Waals surface area contributed by atoms with Crippen molar-refractivity contribution >= 4 is 11.6 Å².